The van der Waals surface area contributed by atoms with Gasteiger partial charge >= 0.3 is 0 Å². The second-order valence-electron chi connectivity index (χ2n) is 6.05. The van der Waals surface area contributed by atoms with Gasteiger partial charge in [-0.05, 0) is 18.6 Å². The van der Waals surface area contributed by atoms with E-state index >= 15 is 0 Å². The molecule has 0 aliphatic heterocycles. The van der Waals surface area contributed by atoms with E-state index in [0.29, 0.717) is 12.1 Å². The Morgan fingerprint density at radius 2 is 1.88 bits per heavy atom. The van der Waals surface area contributed by atoms with Crippen molar-refractivity contribution in [1.29, 1.82) is 0 Å². The van der Waals surface area contributed by atoms with Crippen molar-refractivity contribution in [1.82, 2.24) is 10.2 Å². The third kappa shape index (κ3) is 6.03. The van der Waals surface area contributed by atoms with Crippen LogP contribution in [0.1, 0.15) is 30.0 Å². The van der Waals surface area contributed by atoms with E-state index in [2.05, 4.69) is 5.32 Å². The smallest absolute Gasteiger partial charge is 0.222 e. The molecule has 0 aromatic heterocycles. The van der Waals surface area contributed by atoms with Crippen LogP contribution in [0.25, 0.3) is 0 Å². The lowest BCUT2D eigenvalue weighted by molar-refractivity contribution is -0.130. The second-order valence-corrected chi connectivity index (χ2v) is 6.05. The Balaban J connectivity index is 1.85. The van der Waals surface area contributed by atoms with Crippen LogP contribution in [0.5, 0.6) is 0 Å². The maximum absolute atomic E-state index is 13.7. The number of rotatable bonds is 7. The number of halogens is 1. The van der Waals surface area contributed by atoms with Gasteiger partial charge < -0.3 is 10.2 Å². The molecule has 0 heterocycles. The summed E-state index contributed by atoms with van der Waals surface area (Å²) in [5.74, 6) is -0.673. The number of hydrogen-bond acceptors (Lipinski definition) is 2. The number of carbonyl (C=O) groups excluding carboxylic acids is 2. The van der Waals surface area contributed by atoms with Crippen LogP contribution in [0.2, 0.25) is 0 Å². The predicted octanol–water partition coefficient (Wildman–Crippen LogP) is 3.19. The average molecular weight is 342 g/mol. The zero-order valence-corrected chi connectivity index (χ0v) is 14.6. The minimum absolute atomic E-state index is 0.138. The van der Waals surface area contributed by atoms with Gasteiger partial charge in [-0.3, -0.25) is 9.59 Å². The summed E-state index contributed by atoms with van der Waals surface area (Å²) in [6.07, 6.45) is 0.180. The molecule has 0 unspecified atom stereocenters. The first-order valence-electron chi connectivity index (χ1n) is 8.27. The van der Waals surface area contributed by atoms with Gasteiger partial charge in [0.2, 0.25) is 11.8 Å². The first-order valence-corrected chi connectivity index (χ1v) is 8.27. The van der Waals surface area contributed by atoms with Gasteiger partial charge in [0.15, 0.2) is 0 Å². The summed E-state index contributed by atoms with van der Waals surface area (Å²) in [6, 6.07) is 14.3. The summed E-state index contributed by atoms with van der Waals surface area (Å²) in [5.41, 5.74) is 2.61. The molecule has 132 valence electrons. The van der Waals surface area contributed by atoms with E-state index in [0.717, 1.165) is 11.1 Å². The van der Waals surface area contributed by atoms with Crippen molar-refractivity contribution in [3.8, 4) is 0 Å². The van der Waals surface area contributed by atoms with E-state index in [1.165, 1.54) is 17.9 Å². The molecule has 0 aliphatic rings. The summed E-state index contributed by atoms with van der Waals surface area (Å²) >= 11 is 0. The average Bonchev–Trinajstić information content (AvgIpc) is 2.58. The SMILES string of the molecule is CC(=O)N(CCC(=O)NCc1cccc(C)c1)Cc1ccccc1F. The van der Waals surface area contributed by atoms with E-state index in [4.69, 9.17) is 0 Å². The van der Waals surface area contributed by atoms with Crippen molar-refractivity contribution in [2.45, 2.75) is 33.4 Å². The number of carbonyl (C=O) groups is 2. The molecule has 1 N–H and O–H groups in total. The Bertz CT molecular complexity index is 746. The fourth-order valence-corrected chi connectivity index (χ4v) is 2.53. The first-order chi connectivity index (χ1) is 12.0. The molecular formula is C20H23FN2O2. The molecular weight excluding hydrogens is 319 g/mol. The highest BCUT2D eigenvalue weighted by Crippen LogP contribution is 2.10. The molecule has 2 aromatic rings. The number of amides is 2. The maximum Gasteiger partial charge on any atom is 0.222 e. The standard InChI is InChI=1S/C20H23FN2O2/c1-15-6-5-7-17(12-15)13-22-20(25)10-11-23(16(2)24)14-18-8-3-4-9-19(18)21/h3-9,12H,10-11,13-14H2,1-2H3,(H,22,25). The minimum Gasteiger partial charge on any atom is -0.352 e. The van der Waals surface area contributed by atoms with Crippen LogP contribution >= 0.6 is 0 Å². The number of hydrogen-bond donors (Lipinski definition) is 1. The van der Waals surface area contributed by atoms with Crippen LogP contribution in [-0.4, -0.2) is 23.3 Å². The summed E-state index contributed by atoms with van der Waals surface area (Å²) in [7, 11) is 0. The molecule has 0 aliphatic carbocycles. The largest absolute Gasteiger partial charge is 0.352 e. The fraction of sp³-hybridized carbons (Fsp3) is 0.300. The number of aryl methyl sites for hydroxylation is 1. The second kappa shape index (κ2) is 8.97. The molecule has 0 saturated heterocycles. The molecule has 2 aromatic carbocycles. The van der Waals surface area contributed by atoms with E-state index in [9.17, 15) is 14.0 Å². The van der Waals surface area contributed by atoms with Gasteiger partial charge in [0.05, 0.1) is 0 Å². The van der Waals surface area contributed by atoms with Gasteiger partial charge in [-0.2, -0.15) is 0 Å². The molecule has 5 heteroatoms. The monoisotopic (exact) mass is 342 g/mol. The van der Waals surface area contributed by atoms with E-state index in [-0.39, 0.29) is 37.1 Å². The molecule has 2 rings (SSSR count). The van der Waals surface area contributed by atoms with Crippen molar-refractivity contribution in [3.63, 3.8) is 0 Å². The predicted molar refractivity (Wildman–Crippen MR) is 95.1 cm³/mol. The van der Waals surface area contributed by atoms with Crippen molar-refractivity contribution in [2.24, 2.45) is 0 Å². The molecule has 0 fully saturated rings. The van der Waals surface area contributed by atoms with Gasteiger partial charge in [-0.25, -0.2) is 4.39 Å². The number of nitrogens with zero attached hydrogens (tertiary/aromatic N) is 1. The highest BCUT2D eigenvalue weighted by Gasteiger charge is 2.13. The molecule has 0 saturated carbocycles. The minimum atomic E-state index is -0.349. The quantitative estimate of drug-likeness (QED) is 0.840. The van der Waals surface area contributed by atoms with Gasteiger partial charge in [0, 0.05) is 38.5 Å². The summed E-state index contributed by atoms with van der Waals surface area (Å²) in [6.45, 7) is 4.29. The van der Waals surface area contributed by atoms with Crippen LogP contribution in [0.4, 0.5) is 4.39 Å². The normalized spacial score (nSPS) is 10.4. The molecule has 0 spiro atoms. The zero-order chi connectivity index (χ0) is 18.2. The molecule has 2 amide bonds. The van der Waals surface area contributed by atoms with Crippen LogP contribution in [0.15, 0.2) is 48.5 Å². The van der Waals surface area contributed by atoms with E-state index < -0.39 is 0 Å². The third-order valence-electron chi connectivity index (χ3n) is 3.95. The maximum atomic E-state index is 13.7. The summed E-state index contributed by atoms with van der Waals surface area (Å²) < 4.78 is 13.7. The molecule has 4 nitrogen and oxygen atoms in total. The Kier molecular flexibility index (Phi) is 6.69. The highest BCUT2D eigenvalue weighted by molar-refractivity contribution is 5.78. The van der Waals surface area contributed by atoms with Gasteiger partial charge in [-0.1, -0.05) is 48.0 Å². The lowest BCUT2D eigenvalue weighted by Crippen LogP contribution is -2.33. The lowest BCUT2D eigenvalue weighted by Gasteiger charge is -2.21. The highest BCUT2D eigenvalue weighted by atomic mass is 19.1. The zero-order valence-electron chi connectivity index (χ0n) is 14.6. The van der Waals surface area contributed by atoms with E-state index in [1.54, 1.807) is 18.2 Å². The Morgan fingerprint density at radius 1 is 1.12 bits per heavy atom. The van der Waals surface area contributed by atoms with Crippen LogP contribution in [-0.2, 0) is 22.7 Å². The molecule has 0 bridgehead atoms. The van der Waals surface area contributed by atoms with Crippen molar-refractivity contribution in [3.05, 3.63) is 71.0 Å². The van der Waals surface area contributed by atoms with E-state index in [1.807, 2.05) is 31.2 Å². The van der Waals surface area contributed by atoms with Crippen molar-refractivity contribution < 1.29 is 14.0 Å². The molecule has 25 heavy (non-hydrogen) atoms. The first kappa shape index (κ1) is 18.6. The van der Waals surface area contributed by atoms with Crippen LogP contribution < -0.4 is 5.32 Å². The fourth-order valence-electron chi connectivity index (χ4n) is 2.53. The lowest BCUT2D eigenvalue weighted by atomic mass is 10.1. The Hall–Kier alpha value is -2.69. The number of benzene rings is 2. The van der Waals surface area contributed by atoms with Gasteiger partial charge in [-0.15, -0.1) is 0 Å². The molecule has 0 radical (unpaired) electrons. The van der Waals surface area contributed by atoms with Gasteiger partial charge in [0.1, 0.15) is 5.82 Å². The summed E-state index contributed by atoms with van der Waals surface area (Å²) in [4.78, 5) is 25.3. The number of nitrogens with one attached hydrogen (secondary N) is 1. The van der Waals surface area contributed by atoms with Crippen molar-refractivity contribution >= 4 is 11.8 Å². The Labute approximate surface area is 147 Å². The van der Waals surface area contributed by atoms with Crippen LogP contribution in [0, 0.1) is 12.7 Å². The van der Waals surface area contributed by atoms with Gasteiger partial charge in [0.25, 0.3) is 0 Å². The third-order valence-corrected chi connectivity index (χ3v) is 3.95. The molecule has 0 atom stereocenters. The van der Waals surface area contributed by atoms with Crippen molar-refractivity contribution in [2.75, 3.05) is 6.54 Å². The topological polar surface area (TPSA) is 49.4 Å². The van der Waals surface area contributed by atoms with Crippen LogP contribution in [0.3, 0.4) is 0 Å². The Morgan fingerprint density at radius 3 is 2.56 bits per heavy atom. The summed E-state index contributed by atoms with van der Waals surface area (Å²) in [5, 5.41) is 2.84.